The van der Waals surface area contributed by atoms with E-state index >= 15 is 0 Å². The number of nitrogens with one attached hydrogen (secondary N) is 1. The Morgan fingerprint density at radius 3 is 2.39 bits per heavy atom. The molecule has 0 aliphatic carbocycles. The molecule has 1 N–H and O–H groups in total. The molecule has 0 radical (unpaired) electrons. The third kappa shape index (κ3) is 6.12. The number of hydrogen-bond donors (Lipinski definition) is 1. The largest absolute Gasteiger partial charge is 0.324 e. The van der Waals surface area contributed by atoms with E-state index in [4.69, 9.17) is 11.6 Å². The Labute approximate surface area is 187 Å². The quantitative estimate of drug-likeness (QED) is 0.622. The molecule has 0 saturated carbocycles. The van der Waals surface area contributed by atoms with Gasteiger partial charge in [0.1, 0.15) is 11.6 Å². The first-order valence-corrected chi connectivity index (χ1v) is 10.8. The minimum absolute atomic E-state index is 0.125. The molecule has 1 fully saturated rings. The Morgan fingerprint density at radius 2 is 1.68 bits per heavy atom. The lowest BCUT2D eigenvalue weighted by Gasteiger charge is -2.32. The number of anilines is 1. The molecular formula is C24H28ClF2N3O. The molecule has 4 nitrogen and oxygen atoms in total. The SMILES string of the molecule is C/C(=C(\C)c1cc(Cl)ccc1F)c1ccc(F)c(NC(=O)CCN2CCN(C)CC2)c1. The summed E-state index contributed by atoms with van der Waals surface area (Å²) in [5.74, 6) is -1.11. The fourth-order valence-electron chi connectivity index (χ4n) is 3.60. The van der Waals surface area contributed by atoms with Crippen molar-refractivity contribution in [2.45, 2.75) is 20.3 Å². The van der Waals surface area contributed by atoms with Crippen LogP contribution in [0.4, 0.5) is 14.5 Å². The van der Waals surface area contributed by atoms with Crippen LogP contribution in [0.2, 0.25) is 5.02 Å². The first kappa shape index (κ1) is 23.4. The number of piperazine rings is 1. The normalized spacial score (nSPS) is 16.2. The number of hydrogen-bond acceptors (Lipinski definition) is 3. The number of rotatable bonds is 6. The number of benzene rings is 2. The van der Waals surface area contributed by atoms with Crippen LogP contribution in [0, 0.1) is 11.6 Å². The van der Waals surface area contributed by atoms with E-state index in [9.17, 15) is 13.6 Å². The molecule has 166 valence electrons. The lowest BCUT2D eigenvalue weighted by atomic mass is 9.96. The maximum absolute atomic E-state index is 14.3. The van der Waals surface area contributed by atoms with E-state index in [0.29, 0.717) is 34.7 Å². The van der Waals surface area contributed by atoms with Crippen molar-refractivity contribution in [3.8, 4) is 0 Å². The van der Waals surface area contributed by atoms with Gasteiger partial charge >= 0.3 is 0 Å². The van der Waals surface area contributed by atoms with Crippen molar-refractivity contribution < 1.29 is 13.6 Å². The molecule has 0 bridgehead atoms. The summed E-state index contributed by atoms with van der Waals surface area (Å²) < 4.78 is 28.6. The molecule has 1 saturated heterocycles. The van der Waals surface area contributed by atoms with Gasteiger partial charge in [0, 0.05) is 49.7 Å². The highest BCUT2D eigenvalue weighted by Crippen LogP contribution is 2.31. The van der Waals surface area contributed by atoms with Crippen molar-refractivity contribution in [1.82, 2.24) is 9.80 Å². The van der Waals surface area contributed by atoms with Crippen LogP contribution in [0.5, 0.6) is 0 Å². The van der Waals surface area contributed by atoms with Gasteiger partial charge in [0.2, 0.25) is 5.91 Å². The zero-order valence-electron chi connectivity index (χ0n) is 18.1. The highest BCUT2D eigenvalue weighted by Gasteiger charge is 2.16. The summed E-state index contributed by atoms with van der Waals surface area (Å²) in [7, 11) is 2.08. The van der Waals surface area contributed by atoms with Gasteiger partial charge in [-0.05, 0) is 67.9 Å². The van der Waals surface area contributed by atoms with Crippen LogP contribution in [0.15, 0.2) is 36.4 Å². The molecule has 31 heavy (non-hydrogen) atoms. The van der Waals surface area contributed by atoms with E-state index in [2.05, 4.69) is 22.2 Å². The molecule has 2 aromatic rings. The average Bonchev–Trinajstić information content (AvgIpc) is 2.75. The Hall–Kier alpha value is -2.28. The van der Waals surface area contributed by atoms with Crippen LogP contribution in [0.3, 0.4) is 0 Å². The lowest BCUT2D eigenvalue weighted by molar-refractivity contribution is -0.116. The fourth-order valence-corrected chi connectivity index (χ4v) is 3.77. The van der Waals surface area contributed by atoms with E-state index in [1.54, 1.807) is 25.1 Å². The lowest BCUT2D eigenvalue weighted by Crippen LogP contribution is -2.45. The van der Waals surface area contributed by atoms with Gasteiger partial charge in [0.25, 0.3) is 0 Å². The number of amides is 1. The molecule has 1 aliphatic heterocycles. The van der Waals surface area contributed by atoms with Crippen LogP contribution in [0.1, 0.15) is 31.4 Å². The molecule has 0 atom stereocenters. The Bertz CT molecular complexity index is 985. The Balaban J connectivity index is 1.72. The van der Waals surface area contributed by atoms with Crippen molar-refractivity contribution in [3.63, 3.8) is 0 Å². The number of nitrogens with zero attached hydrogens (tertiary/aromatic N) is 2. The van der Waals surface area contributed by atoms with Crippen molar-refractivity contribution in [2.75, 3.05) is 45.1 Å². The van der Waals surface area contributed by atoms with Crippen LogP contribution in [-0.4, -0.2) is 55.5 Å². The van der Waals surface area contributed by atoms with Crippen LogP contribution in [-0.2, 0) is 4.79 Å². The van der Waals surface area contributed by atoms with Crippen molar-refractivity contribution in [1.29, 1.82) is 0 Å². The molecule has 0 spiro atoms. The second-order valence-corrected chi connectivity index (χ2v) is 8.45. The topological polar surface area (TPSA) is 35.6 Å². The highest BCUT2D eigenvalue weighted by atomic mass is 35.5. The minimum atomic E-state index is -0.504. The van der Waals surface area contributed by atoms with Crippen LogP contribution < -0.4 is 5.32 Å². The fraction of sp³-hybridized carbons (Fsp3) is 0.375. The first-order chi connectivity index (χ1) is 14.7. The first-order valence-electron chi connectivity index (χ1n) is 10.4. The second-order valence-electron chi connectivity index (χ2n) is 8.01. The van der Waals surface area contributed by atoms with Crippen molar-refractivity contribution >= 4 is 34.3 Å². The summed E-state index contributed by atoms with van der Waals surface area (Å²) in [5, 5.41) is 3.12. The predicted octanol–water partition coefficient (Wildman–Crippen LogP) is 5.14. The molecule has 1 heterocycles. The number of halogens is 3. The highest BCUT2D eigenvalue weighted by molar-refractivity contribution is 6.30. The third-order valence-electron chi connectivity index (χ3n) is 5.82. The Morgan fingerprint density at radius 1 is 1.00 bits per heavy atom. The molecule has 2 aromatic carbocycles. The summed E-state index contributed by atoms with van der Waals surface area (Å²) in [5.41, 5.74) is 2.69. The summed E-state index contributed by atoms with van der Waals surface area (Å²) in [4.78, 5) is 16.9. The van der Waals surface area contributed by atoms with E-state index in [1.165, 1.54) is 18.2 Å². The summed E-state index contributed by atoms with van der Waals surface area (Å²) in [6.45, 7) is 8.09. The van der Waals surface area contributed by atoms with Crippen LogP contribution >= 0.6 is 11.6 Å². The number of likely N-dealkylation sites (N-methyl/N-ethyl adjacent to an activating group) is 1. The molecule has 1 aliphatic rings. The van der Waals surface area contributed by atoms with Crippen molar-refractivity contribution in [3.05, 3.63) is 64.2 Å². The molecule has 1 amide bonds. The number of carbonyl (C=O) groups is 1. The van der Waals surface area contributed by atoms with Gasteiger partial charge in [-0.2, -0.15) is 0 Å². The zero-order chi connectivity index (χ0) is 22.5. The minimum Gasteiger partial charge on any atom is -0.324 e. The maximum Gasteiger partial charge on any atom is 0.225 e. The monoisotopic (exact) mass is 447 g/mol. The number of allylic oxidation sites excluding steroid dienone is 2. The van der Waals surface area contributed by atoms with E-state index in [0.717, 1.165) is 31.8 Å². The van der Waals surface area contributed by atoms with Gasteiger partial charge in [-0.15, -0.1) is 0 Å². The van der Waals surface area contributed by atoms with E-state index in [-0.39, 0.29) is 17.4 Å². The summed E-state index contributed by atoms with van der Waals surface area (Å²) >= 11 is 6.02. The molecule has 7 heteroatoms. The van der Waals surface area contributed by atoms with E-state index in [1.807, 2.05) is 6.92 Å². The standard InChI is InChI=1S/C24H28ClF2N3O/c1-16(17(2)20-15-19(25)5-7-21(20)26)18-4-6-22(27)23(14-18)28-24(31)8-9-30-12-10-29(3)11-13-30/h4-7,14-15H,8-13H2,1-3H3,(H,28,31)/b17-16-. The van der Waals surface area contributed by atoms with Gasteiger partial charge in [-0.25, -0.2) is 8.78 Å². The van der Waals surface area contributed by atoms with Gasteiger partial charge < -0.3 is 15.1 Å². The zero-order valence-corrected chi connectivity index (χ0v) is 18.9. The van der Waals surface area contributed by atoms with Gasteiger partial charge in [-0.3, -0.25) is 4.79 Å². The maximum atomic E-state index is 14.3. The van der Waals surface area contributed by atoms with Gasteiger partial charge in [-0.1, -0.05) is 17.7 Å². The second kappa shape index (κ2) is 10.4. The predicted molar refractivity (Wildman–Crippen MR) is 123 cm³/mol. The molecular weight excluding hydrogens is 420 g/mol. The molecule has 3 rings (SSSR count). The molecule has 0 unspecified atom stereocenters. The average molecular weight is 448 g/mol. The smallest absolute Gasteiger partial charge is 0.225 e. The summed E-state index contributed by atoms with van der Waals surface area (Å²) in [6, 6.07) is 8.92. The molecule has 0 aromatic heterocycles. The van der Waals surface area contributed by atoms with Crippen LogP contribution in [0.25, 0.3) is 11.1 Å². The van der Waals surface area contributed by atoms with E-state index < -0.39 is 5.82 Å². The Kier molecular flexibility index (Phi) is 7.81. The van der Waals surface area contributed by atoms with Crippen molar-refractivity contribution in [2.24, 2.45) is 0 Å². The van der Waals surface area contributed by atoms with Gasteiger partial charge in [0.15, 0.2) is 0 Å². The summed E-state index contributed by atoms with van der Waals surface area (Å²) in [6.07, 6.45) is 0.301. The third-order valence-corrected chi connectivity index (χ3v) is 6.05. The van der Waals surface area contributed by atoms with Gasteiger partial charge in [0.05, 0.1) is 5.69 Å². The number of carbonyl (C=O) groups excluding carboxylic acids is 1.